The molecule has 5 rings (SSSR count). The lowest BCUT2D eigenvalue weighted by Gasteiger charge is -2.14. The highest BCUT2D eigenvalue weighted by molar-refractivity contribution is 5.81. The van der Waals surface area contributed by atoms with Crippen LogP contribution in [0.3, 0.4) is 0 Å². The van der Waals surface area contributed by atoms with Crippen molar-refractivity contribution in [3.8, 4) is 28.3 Å². The predicted molar refractivity (Wildman–Crippen MR) is 141 cm³/mol. The quantitative estimate of drug-likeness (QED) is 0.305. The highest BCUT2D eigenvalue weighted by Gasteiger charge is 2.20. The fraction of sp³-hybridized carbons (Fsp3) is 0.333. The minimum atomic E-state index is -0.0857. The molecule has 4 aromatic heterocycles. The second-order valence-electron chi connectivity index (χ2n) is 9.17. The molecule has 190 valence electrons. The molecule has 0 bridgehead atoms. The van der Waals surface area contributed by atoms with Gasteiger partial charge < -0.3 is 0 Å². The summed E-state index contributed by atoms with van der Waals surface area (Å²) in [4.78, 5) is 18.3. The minimum absolute atomic E-state index is 0.0857. The van der Waals surface area contributed by atoms with Gasteiger partial charge in [0.05, 0.1) is 18.8 Å². The zero-order valence-corrected chi connectivity index (χ0v) is 21.4. The fourth-order valence-electron chi connectivity index (χ4n) is 4.60. The van der Waals surface area contributed by atoms with E-state index in [1.165, 1.54) is 0 Å². The van der Waals surface area contributed by atoms with Gasteiger partial charge in [-0.2, -0.15) is 10.3 Å². The number of aromatic amines is 1. The van der Waals surface area contributed by atoms with Crippen LogP contribution in [-0.2, 0) is 13.0 Å². The van der Waals surface area contributed by atoms with E-state index >= 15 is 0 Å². The highest BCUT2D eigenvalue weighted by Crippen LogP contribution is 2.32. The second kappa shape index (κ2) is 10.7. The summed E-state index contributed by atoms with van der Waals surface area (Å²) in [7, 11) is 0. The molecule has 37 heavy (non-hydrogen) atoms. The summed E-state index contributed by atoms with van der Waals surface area (Å²) in [6.45, 7) is 6.78. The van der Waals surface area contributed by atoms with Crippen LogP contribution in [0.5, 0.6) is 0 Å². The minimum Gasteiger partial charge on any atom is -0.291 e. The largest absolute Gasteiger partial charge is 0.334 e. The predicted octanol–water partition coefficient (Wildman–Crippen LogP) is 4.44. The van der Waals surface area contributed by atoms with Crippen LogP contribution in [0.1, 0.15) is 57.3 Å². The third kappa shape index (κ3) is 4.74. The van der Waals surface area contributed by atoms with E-state index in [0.29, 0.717) is 12.4 Å². The zero-order valence-electron chi connectivity index (χ0n) is 21.4. The van der Waals surface area contributed by atoms with Crippen molar-refractivity contribution in [1.82, 2.24) is 44.5 Å². The Balaban J connectivity index is 1.60. The molecule has 0 spiro atoms. The van der Waals surface area contributed by atoms with Crippen molar-refractivity contribution >= 4 is 0 Å². The monoisotopic (exact) mass is 497 g/mol. The van der Waals surface area contributed by atoms with E-state index in [1.807, 2.05) is 58.0 Å². The Kier molecular flexibility index (Phi) is 7.07. The van der Waals surface area contributed by atoms with Crippen molar-refractivity contribution in [2.75, 3.05) is 0 Å². The van der Waals surface area contributed by atoms with Gasteiger partial charge in [-0.25, -0.2) is 9.48 Å². The molecule has 0 amide bonds. The number of unbranched alkanes of at least 4 members (excludes halogenated alkanes) is 1. The number of pyridine rings is 1. The van der Waals surface area contributed by atoms with Gasteiger partial charge in [0, 0.05) is 35.9 Å². The second-order valence-corrected chi connectivity index (χ2v) is 9.17. The van der Waals surface area contributed by atoms with E-state index in [2.05, 4.69) is 51.5 Å². The molecule has 5 aromatic rings. The van der Waals surface area contributed by atoms with Gasteiger partial charge in [0.2, 0.25) is 5.82 Å². The number of imidazole rings is 1. The summed E-state index contributed by atoms with van der Waals surface area (Å²) >= 11 is 0. The number of H-pyrrole nitrogens is 1. The molecule has 0 radical (unpaired) electrons. The molecule has 0 saturated heterocycles. The maximum atomic E-state index is 13.9. The van der Waals surface area contributed by atoms with E-state index in [4.69, 9.17) is 0 Å². The Hall–Kier alpha value is -4.34. The molecule has 0 aliphatic carbocycles. The average molecular weight is 498 g/mol. The summed E-state index contributed by atoms with van der Waals surface area (Å²) in [5, 5.41) is 19.1. The Bertz CT molecular complexity index is 1530. The van der Waals surface area contributed by atoms with Gasteiger partial charge in [0.15, 0.2) is 0 Å². The van der Waals surface area contributed by atoms with Gasteiger partial charge >= 0.3 is 5.69 Å². The summed E-state index contributed by atoms with van der Waals surface area (Å²) in [6, 6.07) is 12.0. The van der Waals surface area contributed by atoms with Crippen molar-refractivity contribution in [3.63, 3.8) is 0 Å². The molecular weight excluding hydrogens is 466 g/mol. The zero-order chi connectivity index (χ0) is 25.8. The van der Waals surface area contributed by atoms with Crippen LogP contribution in [0.4, 0.5) is 0 Å². The number of nitrogens with zero attached hydrogens (tertiary/aromatic N) is 8. The number of tetrazole rings is 1. The van der Waals surface area contributed by atoms with Crippen molar-refractivity contribution in [3.05, 3.63) is 82.9 Å². The highest BCUT2D eigenvalue weighted by atomic mass is 16.1. The molecule has 0 aliphatic rings. The Morgan fingerprint density at radius 3 is 2.62 bits per heavy atom. The number of nitrogens with one attached hydrogen (secondary N) is 1. The molecule has 0 saturated carbocycles. The maximum Gasteiger partial charge on any atom is 0.334 e. The van der Waals surface area contributed by atoms with Gasteiger partial charge in [-0.1, -0.05) is 44.5 Å². The number of hydrogen-bond acceptors (Lipinski definition) is 6. The fourth-order valence-corrected chi connectivity index (χ4v) is 4.60. The van der Waals surface area contributed by atoms with E-state index in [-0.39, 0.29) is 11.7 Å². The molecule has 1 unspecified atom stereocenters. The third-order valence-corrected chi connectivity index (χ3v) is 6.79. The first kappa shape index (κ1) is 24.4. The van der Waals surface area contributed by atoms with Crippen LogP contribution in [-0.4, -0.2) is 44.5 Å². The number of aromatic nitrogens is 9. The lowest BCUT2D eigenvalue weighted by atomic mass is 9.96. The van der Waals surface area contributed by atoms with Gasteiger partial charge in [-0.15, -0.1) is 10.2 Å². The average Bonchev–Trinajstić information content (AvgIpc) is 3.69. The molecule has 10 heteroatoms. The molecule has 10 nitrogen and oxygen atoms in total. The summed E-state index contributed by atoms with van der Waals surface area (Å²) < 4.78 is 5.51. The lowest BCUT2D eigenvalue weighted by Crippen LogP contribution is -2.27. The molecule has 4 heterocycles. The van der Waals surface area contributed by atoms with Gasteiger partial charge in [-0.05, 0) is 54.2 Å². The van der Waals surface area contributed by atoms with Crippen LogP contribution in [0.2, 0.25) is 0 Å². The van der Waals surface area contributed by atoms with Crippen molar-refractivity contribution in [2.24, 2.45) is 0 Å². The van der Waals surface area contributed by atoms with Gasteiger partial charge in [0.1, 0.15) is 5.82 Å². The van der Waals surface area contributed by atoms with Crippen molar-refractivity contribution in [2.45, 2.75) is 59.0 Å². The smallest absolute Gasteiger partial charge is 0.291 e. The van der Waals surface area contributed by atoms with E-state index in [0.717, 1.165) is 59.4 Å². The molecule has 1 N–H and O–H groups in total. The summed E-state index contributed by atoms with van der Waals surface area (Å²) in [6.07, 6.45) is 11.1. The Morgan fingerprint density at radius 2 is 1.86 bits per heavy atom. The Morgan fingerprint density at radius 1 is 1.03 bits per heavy atom. The van der Waals surface area contributed by atoms with E-state index < -0.39 is 0 Å². The van der Waals surface area contributed by atoms with E-state index in [9.17, 15) is 4.79 Å². The standard InChI is InChI=1S/C27H31N9O/c1-4-6-9-21-18-35(25-13-15-29-36(25)19(3)5-2)27(37)34(21)17-20-16-28-14-12-22(20)23-10-7-8-11-24(23)26-30-32-33-31-26/h7-8,10-16,18-19H,4-6,9,17H2,1-3H3,(H,30,31,32,33). The van der Waals surface area contributed by atoms with Crippen LogP contribution in [0.25, 0.3) is 28.3 Å². The van der Waals surface area contributed by atoms with Crippen LogP contribution in [0, 0.1) is 0 Å². The first-order valence-electron chi connectivity index (χ1n) is 12.7. The Labute approximate surface area is 215 Å². The van der Waals surface area contributed by atoms with Crippen LogP contribution >= 0.6 is 0 Å². The topological polar surface area (TPSA) is 112 Å². The molecule has 0 fully saturated rings. The summed E-state index contributed by atoms with van der Waals surface area (Å²) in [5.74, 6) is 1.30. The van der Waals surface area contributed by atoms with Crippen molar-refractivity contribution < 1.29 is 0 Å². The number of aryl methyl sites for hydroxylation is 1. The van der Waals surface area contributed by atoms with E-state index in [1.54, 1.807) is 17.0 Å². The van der Waals surface area contributed by atoms with Crippen LogP contribution in [0.15, 0.2) is 66.0 Å². The molecule has 1 aromatic carbocycles. The number of hydrogen-bond donors (Lipinski definition) is 1. The molecule has 1 atom stereocenters. The van der Waals surface area contributed by atoms with Crippen LogP contribution < -0.4 is 5.69 Å². The van der Waals surface area contributed by atoms with Gasteiger partial charge in [0.25, 0.3) is 0 Å². The lowest BCUT2D eigenvalue weighted by molar-refractivity contribution is 0.468. The first-order valence-corrected chi connectivity index (χ1v) is 12.7. The normalized spacial score (nSPS) is 12.2. The molecular formula is C27H31N9O. The number of benzene rings is 1. The third-order valence-electron chi connectivity index (χ3n) is 6.79. The SMILES string of the molecule is CCCCc1cn(-c2ccnn2C(C)CC)c(=O)n1Cc1cnccc1-c1ccccc1-c1nn[nH]n1. The molecule has 0 aliphatic heterocycles. The first-order chi connectivity index (χ1) is 18.1. The maximum absolute atomic E-state index is 13.9. The van der Waals surface area contributed by atoms with Gasteiger partial charge in [-0.3, -0.25) is 14.1 Å². The van der Waals surface area contributed by atoms with Crippen molar-refractivity contribution in [1.29, 1.82) is 0 Å². The number of rotatable bonds is 10. The summed E-state index contributed by atoms with van der Waals surface area (Å²) in [5.41, 5.74) is 4.63.